The van der Waals surface area contributed by atoms with E-state index < -0.39 is 0 Å². The number of nitrogens with one attached hydrogen (secondary N) is 2. The Bertz CT molecular complexity index is 403. The molecule has 0 saturated carbocycles. The molecule has 1 aromatic rings. The topological polar surface area (TPSA) is 41.1 Å². The third-order valence-electron chi connectivity index (χ3n) is 2.62. The van der Waals surface area contributed by atoms with E-state index in [0.29, 0.717) is 15.7 Å². The summed E-state index contributed by atoms with van der Waals surface area (Å²) in [5.74, 6) is 0.0426. The van der Waals surface area contributed by atoms with Crippen LogP contribution >= 0.6 is 23.2 Å². The van der Waals surface area contributed by atoms with E-state index in [-0.39, 0.29) is 11.8 Å². The van der Waals surface area contributed by atoms with Gasteiger partial charge in [-0.05, 0) is 31.2 Å². The quantitative estimate of drug-likeness (QED) is 0.856. The summed E-state index contributed by atoms with van der Waals surface area (Å²) in [6.07, 6.45) is 0.872. The average Bonchev–Trinajstić information content (AvgIpc) is 2.75. The first-order chi connectivity index (χ1) is 7.66. The Morgan fingerprint density at radius 2 is 2.25 bits per heavy atom. The van der Waals surface area contributed by atoms with E-state index in [0.717, 1.165) is 19.5 Å². The Morgan fingerprint density at radius 1 is 1.44 bits per heavy atom. The summed E-state index contributed by atoms with van der Waals surface area (Å²) in [5.41, 5.74) is 0.614. The molecule has 86 valence electrons. The molecule has 0 spiro atoms. The monoisotopic (exact) mass is 258 g/mol. The molecule has 1 heterocycles. The van der Waals surface area contributed by atoms with Crippen molar-refractivity contribution >= 4 is 34.8 Å². The molecule has 1 aliphatic rings. The predicted molar refractivity (Wildman–Crippen MR) is 66.1 cm³/mol. The van der Waals surface area contributed by atoms with Gasteiger partial charge < -0.3 is 10.6 Å². The summed E-state index contributed by atoms with van der Waals surface area (Å²) in [6.45, 7) is 1.63. The lowest BCUT2D eigenvalue weighted by Gasteiger charge is -2.11. The van der Waals surface area contributed by atoms with Crippen molar-refractivity contribution in [2.24, 2.45) is 5.92 Å². The van der Waals surface area contributed by atoms with Gasteiger partial charge in [-0.2, -0.15) is 0 Å². The number of carbonyl (C=O) groups is 1. The average molecular weight is 259 g/mol. The number of halogens is 2. The van der Waals surface area contributed by atoms with Crippen molar-refractivity contribution in [3.05, 3.63) is 28.2 Å². The largest absolute Gasteiger partial charge is 0.324 e. The van der Waals surface area contributed by atoms with Gasteiger partial charge >= 0.3 is 0 Å². The standard InChI is InChI=1S/C11H12Cl2N2O/c12-8-1-2-10(9(13)5-8)15-11(16)7-3-4-14-6-7/h1-2,5,7,14H,3-4,6H2,(H,15,16). The van der Waals surface area contributed by atoms with Crippen LogP contribution < -0.4 is 10.6 Å². The minimum absolute atomic E-state index is 0.00854. The molecule has 1 aromatic carbocycles. The van der Waals surface area contributed by atoms with E-state index in [2.05, 4.69) is 10.6 Å². The molecule has 1 atom stereocenters. The third-order valence-corrected chi connectivity index (χ3v) is 3.17. The van der Waals surface area contributed by atoms with Crippen molar-refractivity contribution < 1.29 is 4.79 Å². The third kappa shape index (κ3) is 2.67. The number of rotatable bonds is 2. The van der Waals surface area contributed by atoms with Gasteiger partial charge in [-0.3, -0.25) is 4.79 Å². The lowest BCUT2D eigenvalue weighted by molar-refractivity contribution is -0.119. The van der Waals surface area contributed by atoms with Gasteiger partial charge in [0.1, 0.15) is 0 Å². The lowest BCUT2D eigenvalue weighted by Crippen LogP contribution is -2.24. The van der Waals surface area contributed by atoms with Crippen molar-refractivity contribution in [2.45, 2.75) is 6.42 Å². The number of amides is 1. The molecule has 2 rings (SSSR count). The van der Waals surface area contributed by atoms with Gasteiger partial charge in [0, 0.05) is 11.6 Å². The summed E-state index contributed by atoms with van der Waals surface area (Å²) >= 11 is 11.7. The Labute approximate surface area is 104 Å². The molecule has 1 aliphatic heterocycles. The van der Waals surface area contributed by atoms with Crippen molar-refractivity contribution in [3.8, 4) is 0 Å². The minimum Gasteiger partial charge on any atom is -0.324 e. The SMILES string of the molecule is O=C(Nc1ccc(Cl)cc1Cl)C1CCNC1. The summed E-state index contributed by atoms with van der Waals surface area (Å²) in [5, 5.41) is 6.98. The van der Waals surface area contributed by atoms with Gasteiger partial charge in [0.25, 0.3) is 0 Å². The Morgan fingerprint density at radius 3 is 2.88 bits per heavy atom. The van der Waals surface area contributed by atoms with Crippen molar-refractivity contribution in [1.29, 1.82) is 0 Å². The Balaban J connectivity index is 2.05. The van der Waals surface area contributed by atoms with Crippen molar-refractivity contribution in [2.75, 3.05) is 18.4 Å². The molecule has 0 aliphatic carbocycles. The molecule has 5 heteroatoms. The second-order valence-corrected chi connectivity index (χ2v) is 4.65. The van der Waals surface area contributed by atoms with Crippen LogP contribution in [0.5, 0.6) is 0 Å². The molecule has 0 radical (unpaired) electrons. The van der Waals surface area contributed by atoms with Crippen molar-refractivity contribution in [1.82, 2.24) is 5.32 Å². The van der Waals surface area contributed by atoms with Gasteiger partial charge in [0.2, 0.25) is 5.91 Å². The molecule has 1 fully saturated rings. The van der Waals surface area contributed by atoms with Crippen LogP contribution in [-0.2, 0) is 4.79 Å². The molecule has 16 heavy (non-hydrogen) atoms. The molecular weight excluding hydrogens is 247 g/mol. The van der Waals surface area contributed by atoms with E-state index in [4.69, 9.17) is 23.2 Å². The van der Waals surface area contributed by atoms with Gasteiger partial charge in [-0.25, -0.2) is 0 Å². The highest BCUT2D eigenvalue weighted by Crippen LogP contribution is 2.26. The smallest absolute Gasteiger partial charge is 0.228 e. The maximum absolute atomic E-state index is 11.8. The zero-order valence-electron chi connectivity index (χ0n) is 8.59. The van der Waals surface area contributed by atoms with Crippen LogP contribution in [0.15, 0.2) is 18.2 Å². The van der Waals surface area contributed by atoms with Gasteiger partial charge in [-0.15, -0.1) is 0 Å². The van der Waals surface area contributed by atoms with Gasteiger partial charge in [-0.1, -0.05) is 23.2 Å². The number of anilines is 1. The maximum atomic E-state index is 11.8. The number of hydrogen-bond acceptors (Lipinski definition) is 2. The minimum atomic E-state index is 0.00854. The summed E-state index contributed by atoms with van der Waals surface area (Å²) in [7, 11) is 0. The summed E-state index contributed by atoms with van der Waals surface area (Å²) < 4.78 is 0. The van der Waals surface area contributed by atoms with Crippen molar-refractivity contribution in [3.63, 3.8) is 0 Å². The molecular formula is C11H12Cl2N2O. The molecule has 1 amide bonds. The van der Waals surface area contributed by atoms with Gasteiger partial charge in [0.15, 0.2) is 0 Å². The number of carbonyl (C=O) groups excluding carboxylic acids is 1. The van der Waals surface area contributed by atoms with Crippen LogP contribution in [0.25, 0.3) is 0 Å². The molecule has 0 aromatic heterocycles. The fourth-order valence-electron chi connectivity index (χ4n) is 1.70. The predicted octanol–water partition coefficient (Wildman–Crippen LogP) is 2.54. The van der Waals surface area contributed by atoms with E-state index in [1.807, 2.05) is 0 Å². The van der Waals surface area contributed by atoms with Crippen LogP contribution in [0.1, 0.15) is 6.42 Å². The highest BCUT2D eigenvalue weighted by molar-refractivity contribution is 6.36. The van der Waals surface area contributed by atoms with Crippen LogP contribution in [0.3, 0.4) is 0 Å². The second kappa shape index (κ2) is 5.04. The first-order valence-electron chi connectivity index (χ1n) is 5.13. The zero-order valence-corrected chi connectivity index (χ0v) is 10.1. The number of benzene rings is 1. The molecule has 1 saturated heterocycles. The molecule has 3 nitrogen and oxygen atoms in total. The highest BCUT2D eigenvalue weighted by atomic mass is 35.5. The molecule has 1 unspecified atom stereocenters. The highest BCUT2D eigenvalue weighted by Gasteiger charge is 2.22. The van der Waals surface area contributed by atoms with E-state index in [1.54, 1.807) is 18.2 Å². The van der Waals surface area contributed by atoms with Crippen LogP contribution in [0, 0.1) is 5.92 Å². The molecule has 0 bridgehead atoms. The summed E-state index contributed by atoms with van der Waals surface area (Å²) in [4.78, 5) is 11.8. The molecule has 2 N–H and O–H groups in total. The van der Waals surface area contributed by atoms with Crippen LogP contribution in [-0.4, -0.2) is 19.0 Å². The lowest BCUT2D eigenvalue weighted by atomic mass is 10.1. The first kappa shape index (κ1) is 11.7. The maximum Gasteiger partial charge on any atom is 0.228 e. The first-order valence-corrected chi connectivity index (χ1v) is 5.89. The Kier molecular flexibility index (Phi) is 3.69. The van der Waals surface area contributed by atoms with Crippen LogP contribution in [0.2, 0.25) is 10.0 Å². The van der Waals surface area contributed by atoms with E-state index >= 15 is 0 Å². The second-order valence-electron chi connectivity index (χ2n) is 3.80. The van der Waals surface area contributed by atoms with Crippen LogP contribution in [0.4, 0.5) is 5.69 Å². The fourth-order valence-corrected chi connectivity index (χ4v) is 2.16. The number of hydrogen-bond donors (Lipinski definition) is 2. The zero-order chi connectivity index (χ0) is 11.5. The van der Waals surface area contributed by atoms with E-state index in [9.17, 15) is 4.79 Å². The Hall–Kier alpha value is -0.770. The summed E-state index contributed by atoms with van der Waals surface area (Å²) in [6, 6.07) is 5.03. The van der Waals surface area contributed by atoms with Gasteiger partial charge in [0.05, 0.1) is 16.6 Å². The normalized spacial score (nSPS) is 19.8. The van der Waals surface area contributed by atoms with E-state index in [1.165, 1.54) is 0 Å². The fraction of sp³-hybridized carbons (Fsp3) is 0.364.